The van der Waals surface area contributed by atoms with Crippen molar-refractivity contribution in [3.8, 4) is 28.7 Å². The molecule has 2 aromatic rings. The Hall–Kier alpha value is -3.13. The largest absolute Gasteiger partial charge is 0.493 e. The number of nitrogens with zero attached hydrogens (tertiary/aromatic N) is 2. The van der Waals surface area contributed by atoms with Crippen LogP contribution in [0.4, 0.5) is 0 Å². The average Bonchev–Trinajstić information content (AvgIpc) is 2.90. The van der Waals surface area contributed by atoms with E-state index in [0.29, 0.717) is 35.3 Å². The molecule has 0 N–H and O–H groups in total. The Morgan fingerprint density at radius 1 is 0.886 bits per heavy atom. The molecule has 0 aromatic heterocycles. The second kappa shape index (κ2) is 12.5. The second-order valence-electron chi connectivity index (χ2n) is 8.81. The molecular weight excluding hydrogens is 448 g/mol. The molecule has 1 saturated heterocycles. The van der Waals surface area contributed by atoms with Crippen LogP contribution in [0.25, 0.3) is 0 Å². The van der Waals surface area contributed by atoms with Crippen molar-refractivity contribution >= 4 is 5.91 Å². The molecule has 35 heavy (non-hydrogen) atoms. The third-order valence-electron chi connectivity index (χ3n) is 6.55. The van der Waals surface area contributed by atoms with E-state index < -0.39 is 0 Å². The van der Waals surface area contributed by atoms with Gasteiger partial charge < -0.3 is 28.6 Å². The van der Waals surface area contributed by atoms with E-state index in [0.717, 1.165) is 50.0 Å². The fraction of sp³-hybridized carbons (Fsp3) is 0.519. The van der Waals surface area contributed by atoms with Gasteiger partial charge in [0.2, 0.25) is 11.7 Å². The minimum Gasteiger partial charge on any atom is -0.493 e. The van der Waals surface area contributed by atoms with Gasteiger partial charge in [0, 0.05) is 26.7 Å². The normalized spacial score (nSPS) is 15.9. The van der Waals surface area contributed by atoms with Gasteiger partial charge in [-0.3, -0.25) is 9.69 Å². The average molecular weight is 487 g/mol. The Morgan fingerprint density at radius 2 is 1.51 bits per heavy atom. The van der Waals surface area contributed by atoms with Crippen LogP contribution in [0.15, 0.2) is 30.3 Å². The van der Waals surface area contributed by atoms with Crippen LogP contribution in [0, 0.1) is 5.92 Å². The van der Waals surface area contributed by atoms with E-state index >= 15 is 0 Å². The molecule has 192 valence electrons. The quantitative estimate of drug-likeness (QED) is 0.480. The highest BCUT2D eigenvalue weighted by Gasteiger charge is 2.28. The van der Waals surface area contributed by atoms with Gasteiger partial charge >= 0.3 is 0 Å². The summed E-state index contributed by atoms with van der Waals surface area (Å²) in [4.78, 5) is 17.4. The number of methoxy groups -OCH3 is 5. The zero-order valence-corrected chi connectivity index (χ0v) is 21.8. The number of rotatable bonds is 11. The predicted octanol–water partition coefficient (Wildman–Crippen LogP) is 3.64. The zero-order valence-electron chi connectivity index (χ0n) is 21.8. The first-order chi connectivity index (χ1) is 16.9. The molecule has 3 rings (SSSR count). The smallest absolute Gasteiger partial charge is 0.226 e. The van der Waals surface area contributed by atoms with E-state index in [1.165, 1.54) is 0 Å². The van der Waals surface area contributed by atoms with Gasteiger partial charge in [0.25, 0.3) is 0 Å². The lowest BCUT2D eigenvalue weighted by Gasteiger charge is -2.34. The van der Waals surface area contributed by atoms with Crippen molar-refractivity contribution in [1.29, 1.82) is 0 Å². The number of benzene rings is 2. The molecule has 1 aliphatic rings. The van der Waals surface area contributed by atoms with Crippen LogP contribution in [-0.4, -0.2) is 77.9 Å². The van der Waals surface area contributed by atoms with Crippen molar-refractivity contribution in [1.82, 2.24) is 9.80 Å². The number of piperidine rings is 1. The lowest BCUT2D eigenvalue weighted by Crippen LogP contribution is -2.43. The summed E-state index contributed by atoms with van der Waals surface area (Å²) in [5, 5.41) is 0. The third-order valence-corrected chi connectivity index (χ3v) is 6.55. The van der Waals surface area contributed by atoms with Crippen LogP contribution in [0.2, 0.25) is 0 Å². The van der Waals surface area contributed by atoms with E-state index in [4.69, 9.17) is 23.7 Å². The molecule has 0 aliphatic carbocycles. The van der Waals surface area contributed by atoms with Crippen molar-refractivity contribution in [2.75, 3.05) is 62.2 Å². The summed E-state index contributed by atoms with van der Waals surface area (Å²) in [6.07, 6.45) is 2.65. The summed E-state index contributed by atoms with van der Waals surface area (Å²) >= 11 is 0. The van der Waals surface area contributed by atoms with E-state index in [-0.39, 0.29) is 11.8 Å². The molecule has 0 radical (unpaired) electrons. The van der Waals surface area contributed by atoms with Gasteiger partial charge in [-0.2, -0.15) is 0 Å². The molecule has 2 aromatic carbocycles. The molecule has 0 spiro atoms. The Labute approximate surface area is 208 Å². The monoisotopic (exact) mass is 486 g/mol. The Morgan fingerprint density at radius 3 is 2.11 bits per heavy atom. The Kier molecular flexibility index (Phi) is 9.48. The van der Waals surface area contributed by atoms with Gasteiger partial charge in [0.05, 0.1) is 41.5 Å². The number of likely N-dealkylation sites (tertiary alicyclic amines) is 1. The van der Waals surface area contributed by atoms with Crippen molar-refractivity contribution in [3.05, 3.63) is 41.5 Å². The van der Waals surface area contributed by atoms with Crippen LogP contribution >= 0.6 is 0 Å². The van der Waals surface area contributed by atoms with E-state index in [9.17, 15) is 4.79 Å². The molecule has 8 nitrogen and oxygen atoms in total. The summed E-state index contributed by atoms with van der Waals surface area (Å²) in [7, 11) is 9.98. The standard InChI is InChI=1S/C27H38N2O6/c1-28(13-11-19-9-10-22(31-2)23(14-19)32-3)27(30)21-8-7-12-29(18-21)17-20-15-24(33-4)26(35-6)25(16-20)34-5/h9-10,14-16,21H,7-8,11-13,17-18H2,1-6H3/t21-/m0/s1. The minimum atomic E-state index is -0.0128. The lowest BCUT2D eigenvalue weighted by molar-refractivity contribution is -0.136. The highest BCUT2D eigenvalue weighted by Crippen LogP contribution is 2.38. The van der Waals surface area contributed by atoms with Crippen LogP contribution < -0.4 is 23.7 Å². The molecule has 8 heteroatoms. The first kappa shape index (κ1) is 26.5. The maximum Gasteiger partial charge on any atom is 0.226 e. The number of hydrogen-bond donors (Lipinski definition) is 0. The van der Waals surface area contributed by atoms with Crippen LogP contribution in [0.1, 0.15) is 24.0 Å². The summed E-state index contributed by atoms with van der Waals surface area (Å²) in [5.41, 5.74) is 2.17. The van der Waals surface area contributed by atoms with Crippen molar-refractivity contribution in [2.24, 2.45) is 5.92 Å². The maximum absolute atomic E-state index is 13.2. The fourth-order valence-electron chi connectivity index (χ4n) is 4.64. The molecule has 0 saturated carbocycles. The zero-order chi connectivity index (χ0) is 25.4. The maximum atomic E-state index is 13.2. The summed E-state index contributed by atoms with van der Waals surface area (Å²) in [6, 6.07) is 9.83. The van der Waals surface area contributed by atoms with Crippen LogP contribution in [-0.2, 0) is 17.8 Å². The predicted molar refractivity (Wildman–Crippen MR) is 135 cm³/mol. The molecule has 1 amide bonds. The number of likely N-dealkylation sites (N-methyl/N-ethyl adjacent to an activating group) is 1. The number of amides is 1. The highest BCUT2D eigenvalue weighted by molar-refractivity contribution is 5.79. The van der Waals surface area contributed by atoms with Gasteiger partial charge in [-0.05, 0) is 61.2 Å². The number of carbonyl (C=O) groups excluding carboxylic acids is 1. The van der Waals surface area contributed by atoms with Gasteiger partial charge in [0.1, 0.15) is 0 Å². The number of hydrogen-bond acceptors (Lipinski definition) is 7. The topological polar surface area (TPSA) is 69.7 Å². The van der Waals surface area contributed by atoms with Gasteiger partial charge in [0.15, 0.2) is 23.0 Å². The van der Waals surface area contributed by atoms with Gasteiger partial charge in [-0.15, -0.1) is 0 Å². The van der Waals surface area contributed by atoms with Crippen molar-refractivity contribution in [3.63, 3.8) is 0 Å². The van der Waals surface area contributed by atoms with Gasteiger partial charge in [-0.1, -0.05) is 6.07 Å². The number of ether oxygens (including phenoxy) is 5. The van der Waals surface area contributed by atoms with Crippen molar-refractivity contribution < 1.29 is 28.5 Å². The highest BCUT2D eigenvalue weighted by atomic mass is 16.5. The SMILES string of the molecule is COc1ccc(CCN(C)C(=O)[C@H]2CCCN(Cc3cc(OC)c(OC)c(OC)c3)C2)cc1OC. The summed E-state index contributed by atoms with van der Waals surface area (Å²) < 4.78 is 27.1. The van der Waals surface area contributed by atoms with Crippen LogP contribution in [0.5, 0.6) is 28.7 Å². The molecule has 1 heterocycles. The van der Waals surface area contributed by atoms with E-state index in [1.807, 2.05) is 42.3 Å². The first-order valence-electron chi connectivity index (χ1n) is 11.9. The Bertz CT molecular complexity index is 971. The number of carbonyl (C=O) groups is 1. The molecule has 1 atom stereocenters. The molecule has 1 aliphatic heterocycles. The first-order valence-corrected chi connectivity index (χ1v) is 11.9. The molecule has 0 unspecified atom stereocenters. The van der Waals surface area contributed by atoms with E-state index in [2.05, 4.69) is 4.90 Å². The third kappa shape index (κ3) is 6.51. The molecular formula is C27H38N2O6. The lowest BCUT2D eigenvalue weighted by atomic mass is 9.96. The fourth-order valence-corrected chi connectivity index (χ4v) is 4.64. The molecule has 0 bridgehead atoms. The van der Waals surface area contributed by atoms with Gasteiger partial charge in [-0.25, -0.2) is 0 Å². The molecule has 1 fully saturated rings. The van der Waals surface area contributed by atoms with E-state index in [1.54, 1.807) is 35.5 Å². The Balaban J connectivity index is 1.60. The van der Waals surface area contributed by atoms with Crippen LogP contribution in [0.3, 0.4) is 0 Å². The minimum absolute atomic E-state index is 0.0128. The summed E-state index contributed by atoms with van der Waals surface area (Å²) in [5.74, 6) is 3.45. The summed E-state index contributed by atoms with van der Waals surface area (Å²) in [6.45, 7) is 3.06. The van der Waals surface area contributed by atoms with Crippen molar-refractivity contribution in [2.45, 2.75) is 25.8 Å². The second-order valence-corrected chi connectivity index (χ2v) is 8.81.